The molecule has 0 amide bonds. The minimum Gasteiger partial charge on any atom is -0.379 e. The highest BCUT2D eigenvalue weighted by molar-refractivity contribution is 5.77. The molecule has 0 unspecified atom stereocenters. The van der Waals surface area contributed by atoms with Gasteiger partial charge in [-0.05, 0) is 136 Å². The highest BCUT2D eigenvalue weighted by Crippen LogP contribution is 2.02. The van der Waals surface area contributed by atoms with Gasteiger partial charge in [0.2, 0.25) is 0 Å². The Hall–Kier alpha value is -1.85. The van der Waals surface area contributed by atoms with Crippen molar-refractivity contribution in [2.45, 2.75) is 199 Å². The SMILES string of the molecule is CC(=O)CCCCCOC(C)C.CC(=O)CCCCOC(C)C.CC(=O)CCCOC(C)C.CC(=O)CCOC(C)C.CC(=O)COC(C)C. The van der Waals surface area contributed by atoms with E-state index in [9.17, 15) is 24.0 Å². The molecule has 0 saturated carbocycles. The first-order valence-corrected chi connectivity index (χ1v) is 18.7. The third-order valence-corrected chi connectivity index (χ3v) is 5.65. The minimum absolute atomic E-state index is 0.0821. The van der Waals surface area contributed by atoms with Crippen LogP contribution < -0.4 is 0 Å². The first-order valence-electron chi connectivity index (χ1n) is 18.7. The smallest absolute Gasteiger partial charge is 0.155 e. The fourth-order valence-corrected chi connectivity index (χ4v) is 3.13. The Morgan fingerprint density at radius 3 is 0.900 bits per heavy atom. The average Bonchev–Trinajstić information content (AvgIpc) is 2.96. The van der Waals surface area contributed by atoms with Crippen molar-refractivity contribution in [3.63, 3.8) is 0 Å². The van der Waals surface area contributed by atoms with Crippen LogP contribution in [0.25, 0.3) is 0 Å². The summed E-state index contributed by atoms with van der Waals surface area (Å²) in [6.45, 7) is 30.9. The van der Waals surface area contributed by atoms with Crippen molar-refractivity contribution in [1.82, 2.24) is 0 Å². The highest BCUT2D eigenvalue weighted by Gasteiger charge is 1.98. The molecule has 0 aromatic carbocycles. The second-order valence-electron chi connectivity index (χ2n) is 13.7. The van der Waals surface area contributed by atoms with Crippen LogP contribution in [-0.2, 0) is 47.7 Å². The predicted molar refractivity (Wildman–Crippen MR) is 205 cm³/mol. The molecule has 0 aromatic rings. The van der Waals surface area contributed by atoms with Crippen LogP contribution in [0, 0.1) is 0 Å². The number of ether oxygens (including phenoxy) is 5. The van der Waals surface area contributed by atoms with Gasteiger partial charge in [-0.2, -0.15) is 0 Å². The summed E-state index contributed by atoms with van der Waals surface area (Å²) < 4.78 is 26.0. The van der Waals surface area contributed by atoms with E-state index in [-0.39, 0.29) is 48.1 Å². The molecule has 0 rings (SSSR count). The molecule has 0 heterocycles. The largest absolute Gasteiger partial charge is 0.379 e. The van der Waals surface area contributed by atoms with Crippen molar-refractivity contribution in [1.29, 1.82) is 0 Å². The monoisotopic (exact) mass is 721 g/mol. The van der Waals surface area contributed by atoms with Crippen molar-refractivity contribution in [3.8, 4) is 0 Å². The van der Waals surface area contributed by atoms with Gasteiger partial charge in [-0.1, -0.05) is 6.42 Å². The molecule has 50 heavy (non-hydrogen) atoms. The third-order valence-electron chi connectivity index (χ3n) is 5.65. The number of unbranched alkanes of at least 4 members (excludes halogenated alkanes) is 3. The van der Waals surface area contributed by atoms with Gasteiger partial charge in [-0.25, -0.2) is 0 Å². The molecule has 0 fully saturated rings. The summed E-state index contributed by atoms with van der Waals surface area (Å²) in [7, 11) is 0. The van der Waals surface area contributed by atoms with Gasteiger partial charge in [0.05, 0.1) is 37.1 Å². The Morgan fingerprint density at radius 1 is 0.320 bits per heavy atom. The topological polar surface area (TPSA) is 132 Å². The van der Waals surface area contributed by atoms with Gasteiger partial charge in [0.15, 0.2) is 5.78 Å². The summed E-state index contributed by atoms with van der Waals surface area (Å²) in [5.41, 5.74) is 0. The molecule has 0 radical (unpaired) electrons. The molecule has 0 N–H and O–H groups in total. The summed E-state index contributed by atoms with van der Waals surface area (Å²) in [5.74, 6) is 1.08. The Kier molecular flexibility index (Phi) is 49.8. The number of hydrogen-bond donors (Lipinski definition) is 0. The number of ketones is 5. The van der Waals surface area contributed by atoms with Crippen LogP contribution in [0.15, 0.2) is 0 Å². The van der Waals surface area contributed by atoms with Gasteiger partial charge in [0.25, 0.3) is 0 Å². The van der Waals surface area contributed by atoms with Gasteiger partial charge in [-0.15, -0.1) is 0 Å². The maximum Gasteiger partial charge on any atom is 0.155 e. The zero-order chi connectivity index (χ0) is 39.9. The molecule has 0 atom stereocenters. The molecule has 0 saturated heterocycles. The third kappa shape index (κ3) is 85.6. The standard InChI is InChI=1S/C10H20O2.C9H18O2.C8H16O2.C7H14O2.C6H12O2/c1-9(2)12-8-6-4-5-7-10(3)11;1-8(2)11-7-5-4-6-9(3)10;1-7(2)10-6-4-5-8(3)9;1-6(2)9-5-4-7(3)8;1-5(2)8-4-6(3)7/h9H,4-8H2,1-3H3;8H,4-7H2,1-3H3;7H,4-6H2,1-3H3;6H,4-5H2,1-3H3;5H,4H2,1-3H3. The Labute approximate surface area is 307 Å². The van der Waals surface area contributed by atoms with Crippen LogP contribution in [0.5, 0.6) is 0 Å². The normalized spacial score (nSPS) is 10.4. The van der Waals surface area contributed by atoms with E-state index >= 15 is 0 Å². The highest BCUT2D eigenvalue weighted by atomic mass is 16.5. The van der Waals surface area contributed by atoms with Crippen LogP contribution >= 0.6 is 0 Å². The Morgan fingerprint density at radius 2 is 0.600 bits per heavy atom. The van der Waals surface area contributed by atoms with Crippen LogP contribution in [0.2, 0.25) is 0 Å². The fourth-order valence-electron chi connectivity index (χ4n) is 3.13. The predicted octanol–water partition coefficient (Wildman–Crippen LogP) is 8.90. The van der Waals surface area contributed by atoms with Crippen molar-refractivity contribution in [2.75, 3.05) is 33.0 Å². The number of hydrogen-bond acceptors (Lipinski definition) is 10. The molecule has 0 spiro atoms. The lowest BCUT2D eigenvalue weighted by Crippen LogP contribution is -2.09. The van der Waals surface area contributed by atoms with Crippen LogP contribution in [0.1, 0.15) is 168 Å². The lowest BCUT2D eigenvalue weighted by atomic mass is 10.1. The summed E-state index contributed by atoms with van der Waals surface area (Å²) in [5, 5.41) is 0. The van der Waals surface area contributed by atoms with Crippen LogP contribution in [0.4, 0.5) is 0 Å². The lowest BCUT2D eigenvalue weighted by molar-refractivity contribution is -0.123. The van der Waals surface area contributed by atoms with E-state index in [1.807, 2.05) is 69.2 Å². The Balaban J connectivity index is -0.000000170. The molecular formula is C40H80O10. The molecule has 0 aromatic heterocycles. The van der Waals surface area contributed by atoms with Gasteiger partial charge >= 0.3 is 0 Å². The van der Waals surface area contributed by atoms with Gasteiger partial charge in [-0.3, -0.25) is 9.59 Å². The maximum atomic E-state index is 10.6. The molecule has 0 aliphatic rings. The van der Waals surface area contributed by atoms with Crippen molar-refractivity contribution in [2.24, 2.45) is 0 Å². The summed E-state index contributed by atoms with van der Waals surface area (Å²) >= 11 is 0. The first-order chi connectivity index (χ1) is 23.1. The van der Waals surface area contributed by atoms with Crippen molar-refractivity contribution in [3.05, 3.63) is 0 Å². The van der Waals surface area contributed by atoms with E-state index in [1.165, 1.54) is 6.92 Å². The van der Waals surface area contributed by atoms with E-state index in [1.54, 1.807) is 27.7 Å². The lowest BCUT2D eigenvalue weighted by Gasteiger charge is -2.06. The Bertz CT molecular complexity index is 789. The molecule has 10 nitrogen and oxygen atoms in total. The molecule has 0 bridgehead atoms. The average molecular weight is 721 g/mol. The number of carbonyl (C=O) groups excluding carboxylic acids is 5. The fraction of sp³-hybridized carbons (Fsp3) is 0.875. The van der Waals surface area contributed by atoms with Crippen molar-refractivity contribution >= 4 is 28.9 Å². The van der Waals surface area contributed by atoms with E-state index in [0.29, 0.717) is 50.5 Å². The van der Waals surface area contributed by atoms with E-state index in [2.05, 4.69) is 0 Å². The van der Waals surface area contributed by atoms with Crippen LogP contribution in [-0.4, -0.2) is 92.5 Å². The van der Waals surface area contributed by atoms with Crippen LogP contribution in [0.3, 0.4) is 0 Å². The number of carbonyl (C=O) groups is 5. The summed E-state index contributed by atoms with van der Waals surface area (Å²) in [6, 6.07) is 0. The van der Waals surface area contributed by atoms with Gasteiger partial charge in [0, 0.05) is 45.5 Å². The molecule has 10 heteroatoms. The van der Waals surface area contributed by atoms with E-state index < -0.39 is 0 Å². The summed E-state index contributed by atoms with van der Waals surface area (Å²) in [6.07, 6.45) is 9.94. The zero-order valence-corrected chi connectivity index (χ0v) is 35.1. The van der Waals surface area contributed by atoms with E-state index in [0.717, 1.165) is 58.2 Å². The maximum absolute atomic E-state index is 10.6. The minimum atomic E-state index is 0.0821. The second kappa shape index (κ2) is 43.3. The first kappa shape index (κ1) is 57.5. The molecule has 300 valence electrons. The molecule has 0 aliphatic heterocycles. The quantitative estimate of drug-likeness (QED) is 0.0843. The second-order valence-corrected chi connectivity index (χ2v) is 13.7. The number of Topliss-reactive ketones (excluding diaryl/α,β-unsaturated/α-hetero) is 5. The number of rotatable bonds is 25. The van der Waals surface area contributed by atoms with Crippen molar-refractivity contribution < 1.29 is 47.7 Å². The van der Waals surface area contributed by atoms with E-state index in [4.69, 9.17) is 23.7 Å². The van der Waals surface area contributed by atoms with Gasteiger partial charge in [0.1, 0.15) is 29.7 Å². The zero-order valence-electron chi connectivity index (χ0n) is 35.1. The van der Waals surface area contributed by atoms with Gasteiger partial charge < -0.3 is 38.1 Å². The molecule has 0 aliphatic carbocycles. The summed E-state index contributed by atoms with van der Waals surface area (Å²) in [4.78, 5) is 52.1. The molecular weight excluding hydrogens is 640 g/mol.